The standard InChI is InChI=1S/C11H11NO3/c13-7-10(14)9-6-11(15-12-9)8-4-2-1-3-5-8/h1-6,10,13-14H,7H2/t10-/m1/s1. The fourth-order valence-electron chi connectivity index (χ4n) is 1.28. The molecule has 2 aromatic rings. The van der Waals surface area contributed by atoms with Crippen LogP contribution in [0.4, 0.5) is 0 Å². The van der Waals surface area contributed by atoms with Crippen LogP contribution in [0.5, 0.6) is 0 Å². The van der Waals surface area contributed by atoms with Crippen molar-refractivity contribution in [2.24, 2.45) is 0 Å². The quantitative estimate of drug-likeness (QED) is 0.794. The van der Waals surface area contributed by atoms with Gasteiger partial charge in [-0.25, -0.2) is 0 Å². The first kappa shape index (κ1) is 9.89. The van der Waals surface area contributed by atoms with E-state index in [2.05, 4.69) is 5.16 Å². The molecular formula is C11H11NO3. The molecule has 0 aliphatic carbocycles. The van der Waals surface area contributed by atoms with E-state index in [1.54, 1.807) is 6.07 Å². The maximum Gasteiger partial charge on any atom is 0.167 e. The molecular weight excluding hydrogens is 194 g/mol. The van der Waals surface area contributed by atoms with Crippen LogP contribution in [0.1, 0.15) is 11.8 Å². The van der Waals surface area contributed by atoms with Crippen LogP contribution in [0.25, 0.3) is 11.3 Å². The second-order valence-electron chi connectivity index (χ2n) is 3.18. The highest BCUT2D eigenvalue weighted by molar-refractivity contribution is 5.56. The van der Waals surface area contributed by atoms with Gasteiger partial charge in [0.15, 0.2) is 5.76 Å². The summed E-state index contributed by atoms with van der Waals surface area (Å²) >= 11 is 0. The van der Waals surface area contributed by atoms with Gasteiger partial charge in [0, 0.05) is 11.6 Å². The van der Waals surface area contributed by atoms with E-state index in [4.69, 9.17) is 9.63 Å². The molecule has 1 aromatic heterocycles. The number of hydrogen-bond donors (Lipinski definition) is 2. The Kier molecular flexibility index (Phi) is 2.80. The summed E-state index contributed by atoms with van der Waals surface area (Å²) < 4.78 is 5.05. The summed E-state index contributed by atoms with van der Waals surface area (Å²) in [5.74, 6) is 0.582. The minimum atomic E-state index is -0.980. The van der Waals surface area contributed by atoms with Crippen LogP contribution in [-0.4, -0.2) is 22.0 Å². The smallest absolute Gasteiger partial charge is 0.167 e. The van der Waals surface area contributed by atoms with Gasteiger partial charge in [-0.3, -0.25) is 0 Å². The molecule has 0 spiro atoms. The van der Waals surface area contributed by atoms with Crippen molar-refractivity contribution < 1.29 is 14.7 Å². The van der Waals surface area contributed by atoms with Gasteiger partial charge in [-0.2, -0.15) is 0 Å². The summed E-state index contributed by atoms with van der Waals surface area (Å²) in [6.07, 6.45) is -0.980. The summed E-state index contributed by atoms with van der Waals surface area (Å²) in [4.78, 5) is 0. The highest BCUT2D eigenvalue weighted by Crippen LogP contribution is 2.22. The molecule has 1 aromatic carbocycles. The monoisotopic (exact) mass is 205 g/mol. The normalized spacial score (nSPS) is 12.7. The van der Waals surface area contributed by atoms with Gasteiger partial charge >= 0.3 is 0 Å². The number of hydrogen-bond acceptors (Lipinski definition) is 4. The molecule has 4 nitrogen and oxygen atoms in total. The molecule has 2 N–H and O–H groups in total. The lowest BCUT2D eigenvalue weighted by molar-refractivity contribution is 0.0894. The molecule has 2 rings (SSSR count). The van der Waals surface area contributed by atoms with Crippen LogP contribution in [0.3, 0.4) is 0 Å². The Balaban J connectivity index is 2.28. The van der Waals surface area contributed by atoms with Crippen molar-refractivity contribution in [3.63, 3.8) is 0 Å². The molecule has 0 unspecified atom stereocenters. The average Bonchev–Trinajstić information content (AvgIpc) is 2.78. The van der Waals surface area contributed by atoms with E-state index >= 15 is 0 Å². The molecule has 1 atom stereocenters. The molecule has 0 radical (unpaired) electrons. The number of benzene rings is 1. The Morgan fingerprint density at radius 2 is 2.00 bits per heavy atom. The van der Waals surface area contributed by atoms with E-state index in [0.717, 1.165) is 5.56 Å². The van der Waals surface area contributed by atoms with Crippen LogP contribution < -0.4 is 0 Å². The zero-order valence-corrected chi connectivity index (χ0v) is 8.00. The predicted molar refractivity (Wildman–Crippen MR) is 54.0 cm³/mol. The van der Waals surface area contributed by atoms with Gasteiger partial charge in [0.25, 0.3) is 0 Å². The van der Waals surface area contributed by atoms with Crippen LogP contribution in [-0.2, 0) is 0 Å². The molecule has 0 aliphatic rings. The third-order valence-electron chi connectivity index (χ3n) is 2.10. The summed E-state index contributed by atoms with van der Waals surface area (Å²) in [6, 6.07) is 11.1. The first-order valence-corrected chi connectivity index (χ1v) is 4.62. The molecule has 0 fully saturated rings. The maximum atomic E-state index is 9.32. The maximum absolute atomic E-state index is 9.32. The third kappa shape index (κ3) is 2.06. The Hall–Kier alpha value is -1.65. The minimum Gasteiger partial charge on any atom is -0.393 e. The highest BCUT2D eigenvalue weighted by atomic mass is 16.5. The predicted octanol–water partition coefficient (Wildman–Crippen LogP) is 1.37. The van der Waals surface area contributed by atoms with Gasteiger partial charge in [0.2, 0.25) is 0 Å². The van der Waals surface area contributed by atoms with Gasteiger partial charge in [0.1, 0.15) is 11.8 Å². The Morgan fingerprint density at radius 3 is 2.67 bits per heavy atom. The van der Waals surface area contributed by atoms with E-state index < -0.39 is 6.10 Å². The van der Waals surface area contributed by atoms with E-state index in [1.807, 2.05) is 30.3 Å². The molecule has 15 heavy (non-hydrogen) atoms. The molecule has 0 saturated carbocycles. The second kappa shape index (κ2) is 4.25. The van der Waals surface area contributed by atoms with Crippen molar-refractivity contribution in [2.45, 2.75) is 6.10 Å². The van der Waals surface area contributed by atoms with Crippen LogP contribution in [0.2, 0.25) is 0 Å². The van der Waals surface area contributed by atoms with Gasteiger partial charge in [-0.15, -0.1) is 0 Å². The summed E-state index contributed by atoms with van der Waals surface area (Å²) in [5.41, 5.74) is 1.23. The number of aliphatic hydroxyl groups is 2. The van der Waals surface area contributed by atoms with E-state index in [1.165, 1.54) is 0 Å². The van der Waals surface area contributed by atoms with E-state index in [-0.39, 0.29) is 6.61 Å². The Morgan fingerprint density at radius 1 is 1.27 bits per heavy atom. The van der Waals surface area contributed by atoms with E-state index in [0.29, 0.717) is 11.5 Å². The van der Waals surface area contributed by atoms with Crippen molar-refractivity contribution in [3.8, 4) is 11.3 Å². The zero-order valence-electron chi connectivity index (χ0n) is 8.00. The summed E-state index contributed by atoms with van der Waals surface area (Å²) in [6.45, 7) is -0.360. The lowest BCUT2D eigenvalue weighted by Gasteiger charge is -1.98. The lowest BCUT2D eigenvalue weighted by Crippen LogP contribution is -2.01. The van der Waals surface area contributed by atoms with Crippen molar-refractivity contribution in [2.75, 3.05) is 6.61 Å². The van der Waals surface area contributed by atoms with Crippen molar-refractivity contribution in [1.29, 1.82) is 0 Å². The second-order valence-corrected chi connectivity index (χ2v) is 3.18. The average molecular weight is 205 g/mol. The van der Waals surface area contributed by atoms with Gasteiger partial charge < -0.3 is 14.7 Å². The van der Waals surface area contributed by atoms with Gasteiger partial charge in [-0.1, -0.05) is 35.5 Å². The van der Waals surface area contributed by atoms with Crippen LogP contribution >= 0.6 is 0 Å². The molecule has 4 heteroatoms. The number of nitrogens with zero attached hydrogens (tertiary/aromatic N) is 1. The molecule has 78 valence electrons. The van der Waals surface area contributed by atoms with Crippen molar-refractivity contribution >= 4 is 0 Å². The van der Waals surface area contributed by atoms with Gasteiger partial charge in [-0.05, 0) is 0 Å². The molecule has 0 bridgehead atoms. The largest absolute Gasteiger partial charge is 0.393 e. The van der Waals surface area contributed by atoms with E-state index in [9.17, 15) is 5.11 Å². The molecule has 0 aliphatic heterocycles. The van der Waals surface area contributed by atoms with Crippen LogP contribution in [0, 0.1) is 0 Å². The Bertz CT molecular complexity index is 424. The van der Waals surface area contributed by atoms with Gasteiger partial charge in [0.05, 0.1) is 6.61 Å². The summed E-state index contributed by atoms with van der Waals surface area (Å²) in [5, 5.41) is 21.7. The zero-order chi connectivity index (χ0) is 10.7. The third-order valence-corrected chi connectivity index (χ3v) is 2.10. The molecule has 0 saturated heterocycles. The molecule has 0 amide bonds. The SMILES string of the molecule is OC[C@@H](O)c1cc(-c2ccccc2)on1. The number of aliphatic hydroxyl groups excluding tert-OH is 2. The first-order chi connectivity index (χ1) is 7.31. The highest BCUT2D eigenvalue weighted by Gasteiger charge is 2.12. The van der Waals surface area contributed by atoms with Crippen LogP contribution in [0.15, 0.2) is 40.9 Å². The fourth-order valence-corrected chi connectivity index (χ4v) is 1.28. The number of aromatic nitrogens is 1. The number of rotatable bonds is 3. The lowest BCUT2D eigenvalue weighted by atomic mass is 10.1. The summed E-state index contributed by atoms with van der Waals surface area (Å²) in [7, 11) is 0. The van der Waals surface area contributed by atoms with Crippen molar-refractivity contribution in [1.82, 2.24) is 5.16 Å². The van der Waals surface area contributed by atoms with Crippen molar-refractivity contribution in [3.05, 3.63) is 42.1 Å². The fraction of sp³-hybridized carbons (Fsp3) is 0.182. The molecule has 1 heterocycles. The first-order valence-electron chi connectivity index (χ1n) is 4.62. The minimum absolute atomic E-state index is 0.344. The topological polar surface area (TPSA) is 66.5 Å². The Labute approximate surface area is 86.8 Å².